The molecule has 0 amide bonds. The van der Waals surface area contributed by atoms with E-state index in [0.717, 1.165) is 74.3 Å². The highest BCUT2D eigenvalue weighted by molar-refractivity contribution is 6.12. The van der Waals surface area contributed by atoms with Gasteiger partial charge in [0.2, 0.25) is 0 Å². The predicted octanol–water partition coefficient (Wildman–Crippen LogP) is 12.2. The van der Waals surface area contributed by atoms with E-state index in [1.165, 1.54) is 44.2 Å². The predicted molar refractivity (Wildman–Crippen MR) is 227 cm³/mol. The van der Waals surface area contributed by atoms with Crippen molar-refractivity contribution in [3.63, 3.8) is 0 Å². The van der Waals surface area contributed by atoms with Gasteiger partial charge in [-0.15, -0.1) is 0 Å². The minimum atomic E-state index is -0.205. The van der Waals surface area contributed by atoms with E-state index in [2.05, 4.69) is 168 Å². The second-order valence-electron chi connectivity index (χ2n) is 15.0. The summed E-state index contributed by atoms with van der Waals surface area (Å²) in [6, 6.07) is 52.4. The van der Waals surface area contributed by atoms with Crippen molar-refractivity contribution in [2.45, 2.75) is 31.7 Å². The molecule has 0 spiro atoms. The number of para-hydroxylation sites is 3. The Balaban J connectivity index is 1.29. The number of imidazole rings is 1. The summed E-state index contributed by atoms with van der Waals surface area (Å²) in [4.78, 5) is 5.52. The lowest BCUT2D eigenvalue weighted by atomic mass is 9.79. The maximum atomic E-state index is 6.96. The highest BCUT2D eigenvalue weighted by atomic mass is 16.3. The number of aromatic nitrogens is 2. The molecule has 0 radical (unpaired) electrons. The van der Waals surface area contributed by atoms with Crippen molar-refractivity contribution >= 4 is 55.2 Å². The van der Waals surface area contributed by atoms with Crippen molar-refractivity contribution in [1.82, 2.24) is 4.57 Å². The number of benzene rings is 7. The minimum absolute atomic E-state index is 0.123. The number of furan rings is 1. The van der Waals surface area contributed by atoms with E-state index in [1.807, 2.05) is 6.08 Å². The maximum absolute atomic E-state index is 6.96. The van der Waals surface area contributed by atoms with Crippen LogP contribution in [0.3, 0.4) is 0 Å². The third-order valence-corrected chi connectivity index (χ3v) is 11.9. The zero-order chi connectivity index (χ0) is 36.8. The summed E-state index contributed by atoms with van der Waals surface area (Å²) in [6.45, 7) is 11.4. The fraction of sp³-hybridized carbons (Fsp3) is 0.0980. The molecule has 9 aromatic rings. The Kier molecular flexibility index (Phi) is 6.99. The largest absolute Gasteiger partial charge is 0.455 e. The fourth-order valence-corrected chi connectivity index (χ4v) is 9.39. The van der Waals surface area contributed by atoms with Crippen LogP contribution in [0.4, 0.5) is 0 Å². The van der Waals surface area contributed by atoms with Crippen molar-refractivity contribution < 1.29 is 8.98 Å². The van der Waals surface area contributed by atoms with Gasteiger partial charge in [0.05, 0.1) is 5.71 Å². The molecule has 4 nitrogen and oxygen atoms in total. The molecule has 2 atom stereocenters. The smallest absolute Gasteiger partial charge is 0.304 e. The molecule has 2 aliphatic heterocycles. The van der Waals surface area contributed by atoms with Crippen LogP contribution in [-0.4, -0.2) is 16.3 Å². The average molecular weight is 709 g/mol. The highest BCUT2D eigenvalue weighted by Gasteiger charge is 2.42. The topological polar surface area (TPSA) is 34.3 Å². The van der Waals surface area contributed by atoms with Crippen molar-refractivity contribution in [3.05, 3.63) is 187 Å². The van der Waals surface area contributed by atoms with Gasteiger partial charge in [0.1, 0.15) is 28.6 Å². The molecule has 262 valence electrons. The van der Waals surface area contributed by atoms with Gasteiger partial charge in [-0.05, 0) is 89.9 Å². The van der Waals surface area contributed by atoms with Crippen LogP contribution in [0.2, 0.25) is 0 Å². The molecule has 0 N–H and O–H groups in total. The Morgan fingerprint density at radius 2 is 1.60 bits per heavy atom. The Morgan fingerprint density at radius 1 is 0.764 bits per heavy atom. The first kappa shape index (κ1) is 31.7. The van der Waals surface area contributed by atoms with Gasteiger partial charge in [-0.1, -0.05) is 128 Å². The van der Waals surface area contributed by atoms with Gasteiger partial charge in [0.15, 0.2) is 16.6 Å². The third-order valence-electron chi connectivity index (χ3n) is 11.9. The highest BCUT2D eigenvalue weighted by Crippen LogP contribution is 2.45. The van der Waals surface area contributed by atoms with E-state index in [-0.39, 0.29) is 12.0 Å². The molecule has 0 saturated heterocycles. The van der Waals surface area contributed by atoms with Crippen LogP contribution in [0.25, 0.3) is 77.6 Å². The van der Waals surface area contributed by atoms with Gasteiger partial charge in [0.25, 0.3) is 0 Å². The standard InChI is InChI=1S/C51H38N3O/c1-4-43-42-29-31(2)21-26-37(42)39-27-24-35-25-28-40-38-16-8-11-20-47(38)55-50(40)48(35)51-53(32(3)49(39)52-43)45-17-9-10-18-46(45)54(51)44-19-12-15-34-22-23-36(30-41(34)44)33-13-6-5-7-14-33/h4-23,25-26,28-30,39,49H,1,3,24,27H2,2H3/q+1. The van der Waals surface area contributed by atoms with E-state index >= 15 is 0 Å². The Morgan fingerprint density at radius 3 is 2.49 bits per heavy atom. The van der Waals surface area contributed by atoms with E-state index in [4.69, 9.17) is 16.0 Å². The lowest BCUT2D eigenvalue weighted by molar-refractivity contribution is -0.543. The van der Waals surface area contributed by atoms with Crippen LogP contribution < -0.4 is 4.57 Å². The summed E-state index contributed by atoms with van der Waals surface area (Å²) in [5.74, 6) is 1.15. The number of aliphatic imine (C=N–C) groups is 1. The normalized spacial score (nSPS) is 16.5. The second-order valence-corrected chi connectivity index (χ2v) is 15.0. The van der Waals surface area contributed by atoms with Crippen LogP contribution in [-0.2, 0) is 6.42 Å². The van der Waals surface area contributed by atoms with Crippen molar-refractivity contribution in [3.8, 4) is 28.2 Å². The van der Waals surface area contributed by atoms with Crippen LogP contribution in [0.1, 0.15) is 34.6 Å². The van der Waals surface area contributed by atoms with Crippen molar-refractivity contribution in [1.29, 1.82) is 0 Å². The van der Waals surface area contributed by atoms with E-state index in [9.17, 15) is 0 Å². The molecule has 4 heterocycles. The van der Waals surface area contributed by atoms with Crippen LogP contribution in [0.5, 0.6) is 0 Å². The Labute approximate surface area is 319 Å². The van der Waals surface area contributed by atoms with Crippen LogP contribution >= 0.6 is 0 Å². The van der Waals surface area contributed by atoms with Gasteiger partial charge in [-0.2, -0.15) is 9.13 Å². The first-order valence-corrected chi connectivity index (χ1v) is 19.2. The molecule has 2 aromatic heterocycles. The molecule has 2 unspecified atom stereocenters. The number of aryl methyl sites for hydroxylation is 2. The number of hydrogen-bond acceptors (Lipinski definition) is 2. The fourth-order valence-electron chi connectivity index (χ4n) is 9.39. The molecule has 0 aliphatic carbocycles. The Hall–Kier alpha value is -6.78. The average Bonchev–Trinajstić information content (AvgIpc) is 3.78. The van der Waals surface area contributed by atoms with Gasteiger partial charge >= 0.3 is 5.82 Å². The second kappa shape index (κ2) is 12.1. The molecule has 7 aromatic carbocycles. The lowest BCUT2D eigenvalue weighted by Gasteiger charge is -2.31. The van der Waals surface area contributed by atoms with Gasteiger partial charge in [0, 0.05) is 27.6 Å². The monoisotopic (exact) mass is 708 g/mol. The van der Waals surface area contributed by atoms with E-state index in [0.29, 0.717) is 0 Å². The van der Waals surface area contributed by atoms with E-state index in [1.54, 1.807) is 0 Å². The summed E-state index contributed by atoms with van der Waals surface area (Å²) in [7, 11) is 0. The first-order chi connectivity index (χ1) is 27.1. The summed E-state index contributed by atoms with van der Waals surface area (Å²) >= 11 is 0. The van der Waals surface area contributed by atoms with Crippen LogP contribution in [0, 0.1) is 6.92 Å². The molecule has 55 heavy (non-hydrogen) atoms. The number of hydrogen-bond donors (Lipinski definition) is 0. The molecule has 0 fully saturated rings. The lowest BCUT2D eigenvalue weighted by Crippen LogP contribution is -2.42. The minimum Gasteiger partial charge on any atom is -0.455 e. The van der Waals surface area contributed by atoms with Crippen molar-refractivity contribution in [2.24, 2.45) is 4.99 Å². The maximum Gasteiger partial charge on any atom is 0.304 e. The quantitative estimate of drug-likeness (QED) is 0.168. The summed E-state index contributed by atoms with van der Waals surface area (Å²) in [6.07, 6.45) is 3.67. The number of fused-ring (bicyclic) bond motifs is 13. The number of allylic oxidation sites excluding steroid dienone is 1. The molecular formula is C51H38N3O+. The van der Waals surface area contributed by atoms with Gasteiger partial charge in [-0.3, -0.25) is 4.99 Å². The Bertz CT molecular complexity index is 3100. The first-order valence-electron chi connectivity index (χ1n) is 19.2. The van der Waals surface area contributed by atoms with Gasteiger partial charge in [-0.25, -0.2) is 0 Å². The molecule has 2 aliphatic rings. The molecule has 11 rings (SSSR count). The number of nitrogens with zero attached hydrogens (tertiary/aromatic N) is 3. The summed E-state index contributed by atoms with van der Waals surface area (Å²) < 4.78 is 11.8. The SMILES string of the molecule is C=CC1=NC2C(=C)[n+]3c(n(-c4cccc5ccc(-c6ccccc6)cc45)c4ccccc43)-c3c(ccc4c3oc3ccccc34)CCC2c2ccc(C)cc21. The zero-order valence-corrected chi connectivity index (χ0v) is 30.7. The van der Waals surface area contributed by atoms with Gasteiger partial charge < -0.3 is 4.42 Å². The zero-order valence-electron chi connectivity index (χ0n) is 30.7. The molecule has 0 saturated carbocycles. The summed E-state index contributed by atoms with van der Waals surface area (Å²) in [5, 5.41) is 4.57. The molecule has 4 heteroatoms. The van der Waals surface area contributed by atoms with Crippen LogP contribution in [0.15, 0.2) is 174 Å². The van der Waals surface area contributed by atoms with Crippen molar-refractivity contribution in [2.75, 3.05) is 0 Å². The number of rotatable bonds is 3. The third kappa shape index (κ3) is 4.71. The summed E-state index contributed by atoms with van der Waals surface area (Å²) in [5.41, 5.74) is 15.3. The molecule has 0 bridgehead atoms. The van der Waals surface area contributed by atoms with E-state index < -0.39 is 0 Å². The molecular weight excluding hydrogens is 671 g/mol.